The SMILES string of the molecule is O=C(c1ccc2cccnc2c1O)N1CCO[C@H](C(F)(F)F)C1. The van der Waals surface area contributed by atoms with Gasteiger partial charge in [0.25, 0.3) is 5.91 Å². The highest BCUT2D eigenvalue weighted by molar-refractivity contribution is 6.02. The largest absolute Gasteiger partial charge is 0.505 e. The van der Waals surface area contributed by atoms with Crippen molar-refractivity contribution >= 4 is 16.8 Å². The molecule has 122 valence electrons. The minimum atomic E-state index is -4.54. The zero-order chi connectivity index (χ0) is 16.6. The molecule has 1 atom stereocenters. The lowest BCUT2D eigenvalue weighted by Gasteiger charge is -2.34. The minimum Gasteiger partial charge on any atom is -0.505 e. The van der Waals surface area contributed by atoms with Crippen LogP contribution in [0.4, 0.5) is 13.2 Å². The lowest BCUT2D eigenvalue weighted by molar-refractivity contribution is -0.233. The van der Waals surface area contributed by atoms with Crippen molar-refractivity contribution in [3.8, 4) is 5.75 Å². The van der Waals surface area contributed by atoms with E-state index in [1.54, 1.807) is 18.2 Å². The quantitative estimate of drug-likeness (QED) is 0.874. The van der Waals surface area contributed by atoms with Gasteiger partial charge in [0.1, 0.15) is 5.52 Å². The van der Waals surface area contributed by atoms with E-state index in [2.05, 4.69) is 9.72 Å². The summed E-state index contributed by atoms with van der Waals surface area (Å²) < 4.78 is 42.9. The first-order valence-corrected chi connectivity index (χ1v) is 6.92. The molecule has 5 nitrogen and oxygen atoms in total. The van der Waals surface area contributed by atoms with Crippen molar-refractivity contribution in [2.75, 3.05) is 19.7 Å². The van der Waals surface area contributed by atoms with E-state index in [0.717, 1.165) is 4.90 Å². The number of carbonyl (C=O) groups is 1. The van der Waals surface area contributed by atoms with E-state index in [4.69, 9.17) is 0 Å². The van der Waals surface area contributed by atoms with Crippen molar-refractivity contribution in [2.24, 2.45) is 0 Å². The smallest absolute Gasteiger partial charge is 0.416 e. The second-order valence-corrected chi connectivity index (χ2v) is 5.19. The third kappa shape index (κ3) is 2.94. The van der Waals surface area contributed by atoms with Gasteiger partial charge in [0.2, 0.25) is 0 Å². The number of hydrogen-bond acceptors (Lipinski definition) is 4. The molecule has 0 radical (unpaired) electrons. The van der Waals surface area contributed by atoms with Crippen molar-refractivity contribution in [1.29, 1.82) is 0 Å². The first-order chi connectivity index (χ1) is 10.9. The Bertz CT molecular complexity index is 748. The molecule has 0 aliphatic carbocycles. The van der Waals surface area contributed by atoms with Gasteiger partial charge in [0.05, 0.1) is 18.7 Å². The summed E-state index contributed by atoms with van der Waals surface area (Å²) in [5.74, 6) is -1.00. The number of ether oxygens (including phenoxy) is 1. The monoisotopic (exact) mass is 326 g/mol. The molecule has 0 spiro atoms. The number of aromatic hydroxyl groups is 1. The molecule has 23 heavy (non-hydrogen) atoms. The van der Waals surface area contributed by atoms with Crippen LogP contribution in [0, 0.1) is 0 Å². The summed E-state index contributed by atoms with van der Waals surface area (Å²) in [6.45, 7) is -0.768. The van der Waals surface area contributed by atoms with Crippen molar-refractivity contribution in [3.63, 3.8) is 0 Å². The van der Waals surface area contributed by atoms with E-state index in [-0.39, 0.29) is 30.0 Å². The van der Waals surface area contributed by atoms with Crippen LogP contribution in [-0.2, 0) is 4.74 Å². The number of morpholine rings is 1. The number of rotatable bonds is 1. The molecule has 1 fully saturated rings. The molecular weight excluding hydrogens is 313 g/mol. The van der Waals surface area contributed by atoms with Crippen LogP contribution in [-0.4, -0.2) is 52.9 Å². The number of aromatic nitrogens is 1. The highest BCUT2D eigenvalue weighted by Crippen LogP contribution is 2.30. The molecule has 2 heterocycles. The number of hydrogen-bond donors (Lipinski definition) is 1. The third-order valence-electron chi connectivity index (χ3n) is 3.70. The van der Waals surface area contributed by atoms with Crippen molar-refractivity contribution in [3.05, 3.63) is 36.0 Å². The Labute approximate surface area is 129 Å². The molecule has 1 aliphatic rings. The molecule has 1 amide bonds. The molecule has 0 bridgehead atoms. The zero-order valence-corrected chi connectivity index (χ0v) is 11.9. The molecule has 0 unspecified atom stereocenters. The number of phenolic OH excluding ortho intramolecular Hbond substituents is 1. The number of fused-ring (bicyclic) bond motifs is 1. The highest BCUT2D eigenvalue weighted by atomic mass is 19.4. The maximum Gasteiger partial charge on any atom is 0.416 e. The zero-order valence-electron chi connectivity index (χ0n) is 11.9. The van der Waals surface area contributed by atoms with Crippen LogP contribution in [0.25, 0.3) is 10.9 Å². The number of benzene rings is 1. The van der Waals surface area contributed by atoms with Gasteiger partial charge in [-0.05, 0) is 12.1 Å². The molecule has 3 rings (SSSR count). The van der Waals surface area contributed by atoms with Crippen LogP contribution in [0.1, 0.15) is 10.4 Å². The number of amides is 1. The molecule has 1 aromatic carbocycles. The van der Waals surface area contributed by atoms with E-state index >= 15 is 0 Å². The molecule has 2 aromatic rings. The Kier molecular flexibility index (Phi) is 3.85. The molecular formula is C15H13F3N2O3. The molecule has 1 aliphatic heterocycles. The molecule has 8 heteroatoms. The van der Waals surface area contributed by atoms with Crippen LogP contribution >= 0.6 is 0 Å². The van der Waals surface area contributed by atoms with Gasteiger partial charge in [0, 0.05) is 18.1 Å². The minimum absolute atomic E-state index is 0.0328. The first kappa shape index (κ1) is 15.5. The molecule has 1 saturated heterocycles. The number of alkyl halides is 3. The van der Waals surface area contributed by atoms with Crippen molar-refractivity contribution in [1.82, 2.24) is 9.88 Å². The van der Waals surface area contributed by atoms with Gasteiger partial charge in [-0.3, -0.25) is 9.78 Å². The summed E-state index contributed by atoms with van der Waals surface area (Å²) in [5, 5.41) is 10.8. The summed E-state index contributed by atoms with van der Waals surface area (Å²) in [6.07, 6.45) is -5.09. The maximum absolute atomic E-state index is 12.7. The van der Waals surface area contributed by atoms with Crippen LogP contribution in [0.5, 0.6) is 5.75 Å². The van der Waals surface area contributed by atoms with Gasteiger partial charge in [-0.25, -0.2) is 0 Å². The fourth-order valence-electron chi connectivity index (χ4n) is 2.50. The third-order valence-corrected chi connectivity index (χ3v) is 3.70. The standard InChI is InChI=1S/C15H13F3N2O3/c16-15(17,18)11-8-20(6-7-23-11)14(22)10-4-3-9-2-1-5-19-12(9)13(10)21/h1-5,11,21H,6-8H2/t11-/m0/s1. The predicted octanol–water partition coefficient (Wildman–Crippen LogP) is 2.34. The Morgan fingerprint density at radius 2 is 2.13 bits per heavy atom. The Hall–Kier alpha value is -2.35. The van der Waals surface area contributed by atoms with E-state index in [1.165, 1.54) is 12.3 Å². The van der Waals surface area contributed by atoms with Gasteiger partial charge < -0.3 is 14.7 Å². The summed E-state index contributed by atoms with van der Waals surface area (Å²) in [5.41, 5.74) is 0.165. The Balaban J connectivity index is 1.90. The van der Waals surface area contributed by atoms with Gasteiger partial charge >= 0.3 is 6.18 Å². The van der Waals surface area contributed by atoms with Gasteiger partial charge in [-0.1, -0.05) is 12.1 Å². The van der Waals surface area contributed by atoms with E-state index in [0.29, 0.717) is 5.39 Å². The van der Waals surface area contributed by atoms with Gasteiger partial charge in [0.15, 0.2) is 11.9 Å². The fourth-order valence-corrected chi connectivity index (χ4v) is 2.50. The topological polar surface area (TPSA) is 62.7 Å². The number of carbonyl (C=O) groups excluding carboxylic acids is 1. The number of nitrogens with zero attached hydrogens (tertiary/aromatic N) is 2. The second kappa shape index (κ2) is 5.69. The summed E-state index contributed by atoms with van der Waals surface area (Å²) in [6, 6.07) is 6.38. The molecule has 0 saturated carbocycles. The second-order valence-electron chi connectivity index (χ2n) is 5.19. The van der Waals surface area contributed by atoms with Crippen LogP contribution in [0.2, 0.25) is 0 Å². The predicted molar refractivity (Wildman–Crippen MR) is 75.1 cm³/mol. The Morgan fingerprint density at radius 3 is 2.87 bits per heavy atom. The summed E-state index contributed by atoms with van der Waals surface area (Å²) in [4.78, 5) is 17.5. The first-order valence-electron chi connectivity index (χ1n) is 6.92. The fraction of sp³-hybridized carbons (Fsp3) is 0.333. The van der Waals surface area contributed by atoms with E-state index in [9.17, 15) is 23.1 Å². The average molecular weight is 326 g/mol. The normalized spacial score (nSPS) is 19.1. The van der Waals surface area contributed by atoms with Gasteiger partial charge in [-0.2, -0.15) is 13.2 Å². The lowest BCUT2D eigenvalue weighted by atomic mass is 10.1. The number of phenols is 1. The lowest BCUT2D eigenvalue weighted by Crippen LogP contribution is -2.51. The summed E-state index contributed by atoms with van der Waals surface area (Å²) in [7, 11) is 0. The van der Waals surface area contributed by atoms with E-state index in [1.807, 2.05) is 0 Å². The average Bonchev–Trinajstić information content (AvgIpc) is 2.54. The van der Waals surface area contributed by atoms with Crippen LogP contribution in [0.3, 0.4) is 0 Å². The van der Waals surface area contributed by atoms with Crippen LogP contribution in [0.15, 0.2) is 30.5 Å². The Morgan fingerprint density at radius 1 is 1.35 bits per heavy atom. The summed E-state index contributed by atoms with van der Waals surface area (Å²) >= 11 is 0. The van der Waals surface area contributed by atoms with Gasteiger partial charge in [-0.15, -0.1) is 0 Å². The molecule has 1 aromatic heterocycles. The maximum atomic E-state index is 12.7. The molecule has 1 N–H and O–H groups in total. The number of halogens is 3. The van der Waals surface area contributed by atoms with Crippen molar-refractivity contribution in [2.45, 2.75) is 12.3 Å². The van der Waals surface area contributed by atoms with E-state index < -0.39 is 24.7 Å². The highest BCUT2D eigenvalue weighted by Gasteiger charge is 2.44. The van der Waals surface area contributed by atoms with Crippen molar-refractivity contribution < 1.29 is 27.8 Å². The van der Waals surface area contributed by atoms with Crippen LogP contribution < -0.4 is 0 Å². The number of pyridine rings is 1.